The van der Waals surface area contributed by atoms with Crippen molar-refractivity contribution < 1.29 is 18.7 Å². The summed E-state index contributed by atoms with van der Waals surface area (Å²) >= 11 is 0. The Balaban J connectivity index is 1.23. The van der Waals surface area contributed by atoms with Crippen LogP contribution in [0.1, 0.15) is 49.8 Å². The van der Waals surface area contributed by atoms with E-state index < -0.39 is 17.3 Å². The van der Waals surface area contributed by atoms with Crippen molar-refractivity contribution in [1.82, 2.24) is 29.7 Å². The lowest BCUT2D eigenvalue weighted by molar-refractivity contribution is 0.0251. The number of carbonyl (C=O) groups excluding carboxylic acids is 2. The van der Waals surface area contributed by atoms with Gasteiger partial charge in [-0.3, -0.25) is 9.80 Å². The zero-order valence-electron chi connectivity index (χ0n) is 21.2. The minimum Gasteiger partial charge on any atom is -0.444 e. The molecule has 194 valence electrons. The van der Waals surface area contributed by atoms with Crippen LogP contribution in [0.25, 0.3) is 5.65 Å². The van der Waals surface area contributed by atoms with Gasteiger partial charge >= 0.3 is 6.09 Å². The standard InChI is InChI=1S/C25H29FN8O3/c1-15-11-32-14-17(7-19(26)22(32)30-15)31-23(35)20-9-28-21(10-27-20)34-13-16(8-29-34)12-33(18-5-6-18)24(36)37-25(2,3)4/h7,9-11,13-14,18,29H,5-6,8,12H2,1-4H3,(H,31,35). The van der Waals surface area contributed by atoms with E-state index in [0.717, 1.165) is 18.4 Å². The number of hydrazine groups is 1. The molecule has 0 unspecified atom stereocenters. The number of amides is 2. The van der Waals surface area contributed by atoms with Crippen molar-refractivity contribution in [3.05, 3.63) is 59.8 Å². The average Bonchev–Trinajstić information content (AvgIpc) is 3.42. The number of rotatable bonds is 6. The van der Waals surface area contributed by atoms with Crippen molar-refractivity contribution >= 4 is 29.2 Å². The normalized spacial score (nSPS) is 15.6. The summed E-state index contributed by atoms with van der Waals surface area (Å²) in [5, 5.41) is 4.34. The molecule has 2 N–H and O–H groups in total. The Labute approximate surface area is 213 Å². The Morgan fingerprint density at radius 3 is 2.70 bits per heavy atom. The number of ether oxygens (including phenoxy) is 1. The van der Waals surface area contributed by atoms with Gasteiger partial charge in [-0.2, -0.15) is 0 Å². The lowest BCUT2D eigenvalue weighted by atomic mass is 10.2. The molecule has 5 rings (SSSR count). The van der Waals surface area contributed by atoms with Crippen LogP contribution >= 0.6 is 0 Å². The molecular formula is C25H29FN8O3. The molecule has 12 heteroatoms. The number of halogens is 1. The van der Waals surface area contributed by atoms with Crippen LogP contribution in [0.15, 0.2) is 42.6 Å². The van der Waals surface area contributed by atoms with E-state index in [1.165, 1.54) is 22.9 Å². The fraction of sp³-hybridized carbons (Fsp3) is 0.400. The first kappa shape index (κ1) is 24.6. The highest BCUT2D eigenvalue weighted by molar-refractivity contribution is 6.02. The number of nitrogens with zero attached hydrogens (tertiary/aromatic N) is 6. The van der Waals surface area contributed by atoms with Crippen LogP contribution in [0.3, 0.4) is 0 Å². The maximum atomic E-state index is 14.3. The number of anilines is 2. The van der Waals surface area contributed by atoms with Gasteiger partial charge in [-0.1, -0.05) is 0 Å². The minimum absolute atomic E-state index is 0.0827. The number of hydrogen-bond acceptors (Lipinski definition) is 8. The number of fused-ring (bicyclic) bond motifs is 1. The van der Waals surface area contributed by atoms with Gasteiger partial charge < -0.3 is 19.4 Å². The van der Waals surface area contributed by atoms with E-state index in [2.05, 4.69) is 25.7 Å². The molecule has 0 bridgehead atoms. The van der Waals surface area contributed by atoms with Gasteiger partial charge in [0.25, 0.3) is 5.91 Å². The molecule has 37 heavy (non-hydrogen) atoms. The van der Waals surface area contributed by atoms with Gasteiger partial charge in [0.05, 0.1) is 23.8 Å². The SMILES string of the molecule is Cc1cn2cc(NC(=O)c3cnc(N4C=C(CN(C(=O)OC(C)(C)C)C5CC5)CN4)cn3)cc(F)c2n1. The summed E-state index contributed by atoms with van der Waals surface area (Å²) in [6.07, 6.45) is 9.58. The summed E-state index contributed by atoms with van der Waals surface area (Å²) in [4.78, 5) is 39.7. The molecule has 11 nitrogen and oxygen atoms in total. The van der Waals surface area contributed by atoms with Crippen molar-refractivity contribution in [2.24, 2.45) is 0 Å². The summed E-state index contributed by atoms with van der Waals surface area (Å²) in [6.45, 7) is 8.32. The van der Waals surface area contributed by atoms with Gasteiger partial charge in [0, 0.05) is 43.8 Å². The van der Waals surface area contributed by atoms with Crippen LogP contribution in [-0.4, -0.2) is 61.0 Å². The van der Waals surface area contributed by atoms with E-state index in [0.29, 0.717) is 24.6 Å². The zero-order chi connectivity index (χ0) is 26.3. The first-order chi connectivity index (χ1) is 17.6. The van der Waals surface area contributed by atoms with E-state index in [1.54, 1.807) is 29.2 Å². The Morgan fingerprint density at radius 2 is 2.03 bits per heavy atom. The number of imidazole rings is 1. The van der Waals surface area contributed by atoms with Crippen LogP contribution in [0.4, 0.5) is 20.7 Å². The van der Waals surface area contributed by atoms with Gasteiger partial charge in [0.15, 0.2) is 17.3 Å². The topological polar surface area (TPSA) is 117 Å². The van der Waals surface area contributed by atoms with Gasteiger partial charge in [-0.05, 0) is 46.1 Å². The largest absolute Gasteiger partial charge is 0.444 e. The number of aromatic nitrogens is 4. The van der Waals surface area contributed by atoms with E-state index in [4.69, 9.17) is 4.74 Å². The van der Waals surface area contributed by atoms with Crippen molar-refractivity contribution in [1.29, 1.82) is 0 Å². The van der Waals surface area contributed by atoms with Crippen molar-refractivity contribution in [3.63, 3.8) is 0 Å². The molecule has 1 saturated carbocycles. The number of hydrogen-bond donors (Lipinski definition) is 2. The third kappa shape index (κ3) is 5.69. The molecule has 1 fully saturated rings. The second kappa shape index (κ2) is 9.43. The molecule has 3 aromatic rings. The van der Waals surface area contributed by atoms with E-state index >= 15 is 0 Å². The molecular weight excluding hydrogens is 479 g/mol. The molecule has 4 heterocycles. The lowest BCUT2D eigenvalue weighted by Gasteiger charge is -2.27. The highest BCUT2D eigenvalue weighted by Crippen LogP contribution is 2.29. The van der Waals surface area contributed by atoms with Crippen LogP contribution in [0.5, 0.6) is 0 Å². The van der Waals surface area contributed by atoms with Crippen LogP contribution in [0, 0.1) is 12.7 Å². The predicted octanol–water partition coefficient (Wildman–Crippen LogP) is 3.43. The second-order valence-electron chi connectivity index (χ2n) is 10.2. The van der Waals surface area contributed by atoms with Crippen molar-refractivity contribution in [2.75, 3.05) is 23.4 Å². The monoisotopic (exact) mass is 508 g/mol. The summed E-state index contributed by atoms with van der Waals surface area (Å²) in [5.74, 6) is -0.567. The van der Waals surface area contributed by atoms with E-state index in [-0.39, 0.29) is 29.2 Å². The summed E-state index contributed by atoms with van der Waals surface area (Å²) in [7, 11) is 0. The molecule has 2 aliphatic rings. The molecule has 0 aromatic carbocycles. The van der Waals surface area contributed by atoms with Gasteiger partial charge in [0.1, 0.15) is 11.3 Å². The highest BCUT2D eigenvalue weighted by Gasteiger charge is 2.36. The average molecular weight is 509 g/mol. The molecule has 2 amide bonds. The highest BCUT2D eigenvalue weighted by atomic mass is 19.1. The maximum absolute atomic E-state index is 14.3. The fourth-order valence-electron chi connectivity index (χ4n) is 3.98. The lowest BCUT2D eigenvalue weighted by Crippen LogP contribution is -2.39. The molecule has 0 atom stereocenters. The van der Waals surface area contributed by atoms with Crippen LogP contribution in [0.2, 0.25) is 0 Å². The third-order valence-electron chi connectivity index (χ3n) is 5.78. The first-order valence-corrected chi connectivity index (χ1v) is 12.1. The van der Waals surface area contributed by atoms with Crippen LogP contribution < -0.4 is 15.8 Å². The van der Waals surface area contributed by atoms with E-state index in [9.17, 15) is 14.0 Å². The van der Waals surface area contributed by atoms with E-state index in [1.807, 2.05) is 27.0 Å². The number of nitrogens with one attached hydrogen (secondary N) is 2. The molecule has 0 radical (unpaired) electrons. The minimum atomic E-state index is -0.554. The Kier molecular flexibility index (Phi) is 6.28. The summed E-state index contributed by atoms with van der Waals surface area (Å²) in [5.41, 5.74) is 4.85. The molecule has 0 spiro atoms. The van der Waals surface area contributed by atoms with Crippen LogP contribution in [-0.2, 0) is 4.74 Å². The Hall–Kier alpha value is -4.06. The fourth-order valence-corrected chi connectivity index (χ4v) is 3.98. The molecule has 1 aliphatic carbocycles. The van der Waals surface area contributed by atoms with Crippen molar-refractivity contribution in [3.8, 4) is 0 Å². The Bertz CT molecular complexity index is 1380. The first-order valence-electron chi connectivity index (χ1n) is 12.1. The summed E-state index contributed by atoms with van der Waals surface area (Å²) < 4.78 is 21.4. The Morgan fingerprint density at radius 1 is 1.24 bits per heavy atom. The van der Waals surface area contributed by atoms with Gasteiger partial charge in [-0.15, -0.1) is 0 Å². The zero-order valence-corrected chi connectivity index (χ0v) is 21.2. The predicted molar refractivity (Wildman–Crippen MR) is 134 cm³/mol. The van der Waals surface area contributed by atoms with Gasteiger partial charge in [0.2, 0.25) is 0 Å². The third-order valence-corrected chi connectivity index (χ3v) is 5.78. The number of aryl methyl sites for hydroxylation is 1. The second-order valence-corrected chi connectivity index (χ2v) is 10.2. The number of pyridine rings is 1. The molecule has 1 aliphatic heterocycles. The smallest absolute Gasteiger partial charge is 0.410 e. The molecule has 0 saturated heterocycles. The van der Waals surface area contributed by atoms with Gasteiger partial charge in [-0.25, -0.2) is 29.6 Å². The molecule has 3 aromatic heterocycles. The number of carbonyl (C=O) groups is 2. The quantitative estimate of drug-likeness (QED) is 0.520. The summed E-state index contributed by atoms with van der Waals surface area (Å²) in [6, 6.07) is 1.42. The van der Waals surface area contributed by atoms with Crippen molar-refractivity contribution in [2.45, 2.75) is 52.2 Å². The maximum Gasteiger partial charge on any atom is 0.410 e.